The summed E-state index contributed by atoms with van der Waals surface area (Å²) in [7, 11) is 7.45. The topological polar surface area (TPSA) is 42.0 Å². The third-order valence-electron chi connectivity index (χ3n) is 4.47. The summed E-state index contributed by atoms with van der Waals surface area (Å²) in [5, 5.41) is 0. The molecule has 0 radical (unpaired) electrons. The van der Waals surface area contributed by atoms with E-state index in [1.165, 1.54) is 0 Å². The Balaban J connectivity index is 2.01. The zero-order chi connectivity index (χ0) is 16.2. The standard InChI is InChI=1S/C17H28N2O3/c1-18(2)8-5-6-9-19-10-7-17(16(19)20)12-14(21-3)11-15(13-17)22-4/h12-13H,5-11H2,1-4H3. The number of carbonyl (C=O) groups excluding carboxylic acids is 1. The Morgan fingerprint density at radius 1 is 1.18 bits per heavy atom. The fraction of sp³-hybridized carbons (Fsp3) is 0.706. The highest BCUT2D eigenvalue weighted by Crippen LogP contribution is 2.41. The van der Waals surface area contributed by atoms with Gasteiger partial charge < -0.3 is 19.3 Å². The van der Waals surface area contributed by atoms with Crippen LogP contribution in [0.3, 0.4) is 0 Å². The molecular formula is C17H28N2O3. The highest BCUT2D eigenvalue weighted by atomic mass is 16.5. The molecule has 1 aliphatic heterocycles. The van der Waals surface area contributed by atoms with Crippen LogP contribution in [0.15, 0.2) is 23.7 Å². The molecule has 5 heteroatoms. The number of amides is 1. The average molecular weight is 308 g/mol. The number of rotatable bonds is 7. The van der Waals surface area contributed by atoms with Gasteiger partial charge in [-0.3, -0.25) is 4.79 Å². The first-order chi connectivity index (χ1) is 10.5. The van der Waals surface area contributed by atoms with Crippen molar-refractivity contribution in [2.75, 3.05) is 47.9 Å². The van der Waals surface area contributed by atoms with Gasteiger partial charge in [-0.05, 0) is 52.1 Å². The van der Waals surface area contributed by atoms with Crippen LogP contribution in [0.2, 0.25) is 0 Å². The molecule has 1 aliphatic carbocycles. The fourth-order valence-corrected chi connectivity index (χ4v) is 3.19. The number of unbranched alkanes of at least 4 members (excludes halogenated alkanes) is 1. The molecule has 2 rings (SSSR count). The van der Waals surface area contributed by atoms with E-state index in [1.54, 1.807) is 14.2 Å². The van der Waals surface area contributed by atoms with Gasteiger partial charge in [0.1, 0.15) is 11.5 Å². The van der Waals surface area contributed by atoms with E-state index >= 15 is 0 Å². The molecular weight excluding hydrogens is 280 g/mol. The molecule has 1 spiro atoms. The highest BCUT2D eigenvalue weighted by Gasteiger charge is 2.45. The quantitative estimate of drug-likeness (QED) is 0.675. The summed E-state index contributed by atoms with van der Waals surface area (Å²) >= 11 is 0. The molecule has 1 heterocycles. The molecule has 2 aliphatic rings. The molecule has 5 nitrogen and oxygen atoms in total. The van der Waals surface area contributed by atoms with Crippen molar-refractivity contribution in [1.82, 2.24) is 9.80 Å². The summed E-state index contributed by atoms with van der Waals surface area (Å²) in [6.07, 6.45) is 7.56. The van der Waals surface area contributed by atoms with Crippen LogP contribution in [0.5, 0.6) is 0 Å². The lowest BCUT2D eigenvalue weighted by Crippen LogP contribution is -2.34. The van der Waals surface area contributed by atoms with Crippen LogP contribution in [0.4, 0.5) is 0 Å². The first-order valence-corrected chi connectivity index (χ1v) is 7.96. The maximum atomic E-state index is 12.8. The SMILES string of the molecule is COC1=CC2(C=C(OC)C1)CCN(CCCCN(C)C)C2=O. The number of ether oxygens (including phenoxy) is 2. The third-order valence-corrected chi connectivity index (χ3v) is 4.47. The molecule has 1 fully saturated rings. The smallest absolute Gasteiger partial charge is 0.236 e. The van der Waals surface area contributed by atoms with Gasteiger partial charge in [0.25, 0.3) is 0 Å². The molecule has 1 saturated heterocycles. The summed E-state index contributed by atoms with van der Waals surface area (Å²) in [6, 6.07) is 0. The van der Waals surface area contributed by atoms with Gasteiger partial charge in [0.05, 0.1) is 26.1 Å². The zero-order valence-electron chi connectivity index (χ0n) is 14.2. The predicted molar refractivity (Wildman–Crippen MR) is 86.2 cm³/mol. The normalized spacial score (nSPS) is 20.4. The Labute approximate surface area is 133 Å². The Morgan fingerprint density at radius 3 is 2.36 bits per heavy atom. The van der Waals surface area contributed by atoms with Gasteiger partial charge in [0.15, 0.2) is 0 Å². The van der Waals surface area contributed by atoms with E-state index in [1.807, 2.05) is 17.1 Å². The minimum atomic E-state index is -0.559. The van der Waals surface area contributed by atoms with Crippen LogP contribution in [-0.4, -0.2) is 63.7 Å². The molecule has 0 bridgehead atoms. The van der Waals surface area contributed by atoms with Crippen molar-refractivity contribution < 1.29 is 14.3 Å². The van der Waals surface area contributed by atoms with Gasteiger partial charge in [0.2, 0.25) is 5.91 Å². The second-order valence-electron chi connectivity index (χ2n) is 6.40. The van der Waals surface area contributed by atoms with Crippen LogP contribution in [0.25, 0.3) is 0 Å². The molecule has 0 N–H and O–H groups in total. The van der Waals surface area contributed by atoms with E-state index in [0.717, 1.165) is 50.4 Å². The third kappa shape index (κ3) is 3.64. The molecule has 1 amide bonds. The van der Waals surface area contributed by atoms with E-state index in [9.17, 15) is 4.79 Å². The predicted octanol–water partition coefficient (Wildman–Crippen LogP) is 2.01. The molecule has 0 unspecified atom stereocenters. The second kappa shape index (κ2) is 7.18. The molecule has 0 saturated carbocycles. The van der Waals surface area contributed by atoms with Crippen LogP contribution < -0.4 is 0 Å². The van der Waals surface area contributed by atoms with Crippen LogP contribution in [-0.2, 0) is 14.3 Å². The van der Waals surface area contributed by atoms with Gasteiger partial charge in [-0.25, -0.2) is 0 Å². The largest absolute Gasteiger partial charge is 0.501 e. The first-order valence-electron chi connectivity index (χ1n) is 7.96. The highest BCUT2D eigenvalue weighted by molar-refractivity contribution is 5.89. The summed E-state index contributed by atoms with van der Waals surface area (Å²) < 4.78 is 10.8. The summed E-state index contributed by atoms with van der Waals surface area (Å²) in [5.41, 5.74) is -0.559. The van der Waals surface area contributed by atoms with E-state index < -0.39 is 5.41 Å². The lowest BCUT2D eigenvalue weighted by molar-refractivity contribution is -0.132. The lowest BCUT2D eigenvalue weighted by Gasteiger charge is -2.27. The van der Waals surface area contributed by atoms with E-state index in [0.29, 0.717) is 6.42 Å². The molecule has 0 atom stereocenters. The number of hydrogen-bond acceptors (Lipinski definition) is 4. The molecule has 0 aromatic rings. The molecule has 0 aromatic heterocycles. The summed E-state index contributed by atoms with van der Waals surface area (Å²) in [4.78, 5) is 17.0. The minimum absolute atomic E-state index is 0.182. The van der Waals surface area contributed by atoms with E-state index in [4.69, 9.17) is 9.47 Å². The zero-order valence-corrected chi connectivity index (χ0v) is 14.2. The van der Waals surface area contributed by atoms with Crippen molar-refractivity contribution in [3.8, 4) is 0 Å². The second-order valence-corrected chi connectivity index (χ2v) is 6.40. The number of hydrogen-bond donors (Lipinski definition) is 0. The average Bonchev–Trinajstić information content (AvgIpc) is 2.79. The Kier molecular flexibility index (Phi) is 5.51. The number of methoxy groups -OCH3 is 2. The molecule has 124 valence electrons. The minimum Gasteiger partial charge on any atom is -0.501 e. The van der Waals surface area contributed by atoms with Gasteiger partial charge in [-0.1, -0.05) is 0 Å². The molecule has 0 aromatic carbocycles. The van der Waals surface area contributed by atoms with E-state index in [2.05, 4.69) is 19.0 Å². The van der Waals surface area contributed by atoms with Crippen molar-refractivity contribution >= 4 is 5.91 Å². The van der Waals surface area contributed by atoms with Crippen molar-refractivity contribution in [3.05, 3.63) is 23.7 Å². The molecule has 22 heavy (non-hydrogen) atoms. The first kappa shape index (κ1) is 16.9. The summed E-state index contributed by atoms with van der Waals surface area (Å²) in [6.45, 7) is 2.71. The van der Waals surface area contributed by atoms with Gasteiger partial charge in [-0.2, -0.15) is 0 Å². The van der Waals surface area contributed by atoms with Crippen LogP contribution in [0, 0.1) is 5.41 Å². The van der Waals surface area contributed by atoms with Crippen LogP contribution >= 0.6 is 0 Å². The Morgan fingerprint density at radius 2 is 1.82 bits per heavy atom. The number of likely N-dealkylation sites (tertiary alicyclic amines) is 1. The van der Waals surface area contributed by atoms with Crippen molar-refractivity contribution in [1.29, 1.82) is 0 Å². The van der Waals surface area contributed by atoms with Gasteiger partial charge >= 0.3 is 0 Å². The number of carbonyl (C=O) groups is 1. The van der Waals surface area contributed by atoms with Crippen molar-refractivity contribution in [3.63, 3.8) is 0 Å². The lowest BCUT2D eigenvalue weighted by atomic mass is 9.81. The summed E-state index contributed by atoms with van der Waals surface area (Å²) in [5.74, 6) is 1.82. The van der Waals surface area contributed by atoms with Gasteiger partial charge in [0, 0.05) is 13.1 Å². The van der Waals surface area contributed by atoms with E-state index in [-0.39, 0.29) is 5.91 Å². The fourth-order valence-electron chi connectivity index (χ4n) is 3.19. The van der Waals surface area contributed by atoms with Crippen molar-refractivity contribution in [2.24, 2.45) is 5.41 Å². The van der Waals surface area contributed by atoms with Crippen LogP contribution in [0.1, 0.15) is 25.7 Å². The Hall–Kier alpha value is -1.49. The number of nitrogens with zero attached hydrogens (tertiary/aromatic N) is 2. The Bertz CT molecular complexity index is 449. The monoisotopic (exact) mass is 308 g/mol. The van der Waals surface area contributed by atoms with Gasteiger partial charge in [-0.15, -0.1) is 0 Å². The maximum Gasteiger partial charge on any atom is 0.236 e. The maximum absolute atomic E-state index is 12.8. The van der Waals surface area contributed by atoms with Crippen molar-refractivity contribution in [2.45, 2.75) is 25.7 Å².